The zero-order chi connectivity index (χ0) is 13.0. The number of benzene rings is 1. The Morgan fingerprint density at radius 2 is 1.89 bits per heavy atom. The summed E-state index contributed by atoms with van der Waals surface area (Å²) in [5, 5.41) is 3.55. The van der Waals surface area contributed by atoms with Crippen molar-refractivity contribution < 1.29 is 4.74 Å². The fourth-order valence-corrected chi connectivity index (χ4v) is 2.05. The average molecular weight is 247 g/mol. The van der Waals surface area contributed by atoms with E-state index in [-0.39, 0.29) is 11.6 Å². The Balaban J connectivity index is 1.98. The minimum Gasteiger partial charge on any atom is -0.369 e. The van der Waals surface area contributed by atoms with Crippen LogP contribution in [0.1, 0.15) is 51.7 Å². The summed E-state index contributed by atoms with van der Waals surface area (Å²) in [5.41, 5.74) is 1.41. The molecule has 0 bridgehead atoms. The summed E-state index contributed by atoms with van der Waals surface area (Å²) in [7, 11) is 0. The lowest BCUT2D eigenvalue weighted by Gasteiger charge is -2.32. The van der Waals surface area contributed by atoms with Crippen LogP contribution in [0.3, 0.4) is 0 Å². The first-order chi connectivity index (χ1) is 8.54. The quantitative estimate of drug-likeness (QED) is 0.857. The lowest BCUT2D eigenvalue weighted by atomic mass is 9.95. The van der Waals surface area contributed by atoms with Crippen LogP contribution in [0.15, 0.2) is 30.3 Å². The predicted octanol–water partition coefficient (Wildman–Crippen LogP) is 3.68. The monoisotopic (exact) mass is 247 g/mol. The van der Waals surface area contributed by atoms with Crippen molar-refractivity contribution in [1.29, 1.82) is 0 Å². The summed E-state index contributed by atoms with van der Waals surface area (Å²) in [4.78, 5) is 0. The first-order valence-corrected chi connectivity index (χ1v) is 7.00. The Morgan fingerprint density at radius 1 is 1.22 bits per heavy atom. The molecule has 1 aromatic rings. The molecule has 1 unspecified atom stereocenters. The van der Waals surface area contributed by atoms with Crippen LogP contribution < -0.4 is 5.32 Å². The van der Waals surface area contributed by atoms with E-state index in [0.29, 0.717) is 6.10 Å². The summed E-state index contributed by atoms with van der Waals surface area (Å²) in [6.07, 6.45) is 4.41. The molecule has 0 saturated heterocycles. The van der Waals surface area contributed by atoms with Crippen LogP contribution in [0.5, 0.6) is 0 Å². The molecular formula is C16H25NO. The highest BCUT2D eigenvalue weighted by Crippen LogP contribution is 2.28. The number of nitrogens with one attached hydrogen (secondary N) is 1. The second kappa shape index (κ2) is 5.85. The molecule has 1 saturated carbocycles. The van der Waals surface area contributed by atoms with E-state index in [4.69, 9.17) is 4.74 Å². The summed E-state index contributed by atoms with van der Waals surface area (Å²) in [6, 6.07) is 10.6. The first-order valence-electron chi connectivity index (χ1n) is 7.00. The molecule has 1 fully saturated rings. The van der Waals surface area contributed by atoms with E-state index in [1.165, 1.54) is 24.8 Å². The van der Waals surface area contributed by atoms with Gasteiger partial charge in [0.25, 0.3) is 0 Å². The molecule has 0 amide bonds. The van der Waals surface area contributed by atoms with Gasteiger partial charge in [0.15, 0.2) is 0 Å². The Bertz CT molecular complexity index is 351. The Hall–Kier alpha value is -0.860. The third-order valence-electron chi connectivity index (χ3n) is 3.40. The maximum atomic E-state index is 6.21. The third kappa shape index (κ3) is 4.11. The van der Waals surface area contributed by atoms with Crippen molar-refractivity contribution in [2.75, 3.05) is 6.54 Å². The summed E-state index contributed by atoms with van der Waals surface area (Å²) in [5.74, 6) is 0. The molecule has 100 valence electrons. The zero-order valence-electron chi connectivity index (χ0n) is 11.8. The summed E-state index contributed by atoms with van der Waals surface area (Å²) < 4.78 is 6.21. The molecule has 0 radical (unpaired) electrons. The van der Waals surface area contributed by atoms with Gasteiger partial charge >= 0.3 is 0 Å². The van der Waals surface area contributed by atoms with Crippen LogP contribution in [0.2, 0.25) is 0 Å². The predicted molar refractivity (Wildman–Crippen MR) is 75.7 cm³/mol. The van der Waals surface area contributed by atoms with Gasteiger partial charge in [-0.05, 0) is 45.6 Å². The van der Waals surface area contributed by atoms with E-state index in [2.05, 4.69) is 56.4 Å². The molecule has 2 nitrogen and oxygen atoms in total. The van der Waals surface area contributed by atoms with Crippen LogP contribution in [-0.2, 0) is 4.74 Å². The van der Waals surface area contributed by atoms with Gasteiger partial charge in [-0.2, -0.15) is 0 Å². The molecule has 2 heteroatoms. The van der Waals surface area contributed by atoms with E-state index in [9.17, 15) is 0 Å². The Morgan fingerprint density at radius 3 is 2.39 bits per heavy atom. The molecule has 2 rings (SSSR count). The molecule has 0 aliphatic heterocycles. The molecule has 1 atom stereocenters. The molecule has 1 aliphatic rings. The molecular weight excluding hydrogens is 222 g/mol. The lowest BCUT2D eigenvalue weighted by Crippen LogP contribution is -2.40. The van der Waals surface area contributed by atoms with Gasteiger partial charge in [0.1, 0.15) is 0 Å². The van der Waals surface area contributed by atoms with Crippen molar-refractivity contribution in [3.05, 3.63) is 35.9 Å². The molecule has 1 aromatic carbocycles. The van der Waals surface area contributed by atoms with Crippen molar-refractivity contribution in [3.8, 4) is 0 Å². The highest BCUT2D eigenvalue weighted by molar-refractivity contribution is 5.18. The molecule has 1 aliphatic carbocycles. The molecule has 1 N–H and O–H groups in total. The van der Waals surface area contributed by atoms with E-state index >= 15 is 0 Å². The maximum Gasteiger partial charge on any atom is 0.0953 e. The van der Waals surface area contributed by atoms with Crippen molar-refractivity contribution in [2.45, 2.75) is 57.8 Å². The third-order valence-corrected chi connectivity index (χ3v) is 3.40. The lowest BCUT2D eigenvalue weighted by molar-refractivity contribution is -0.0538. The van der Waals surface area contributed by atoms with Gasteiger partial charge in [0.05, 0.1) is 12.2 Å². The van der Waals surface area contributed by atoms with Gasteiger partial charge in [-0.1, -0.05) is 30.3 Å². The van der Waals surface area contributed by atoms with Crippen molar-refractivity contribution in [2.24, 2.45) is 0 Å². The van der Waals surface area contributed by atoms with Gasteiger partial charge in [-0.25, -0.2) is 0 Å². The second-order valence-electron chi connectivity index (χ2n) is 6.22. The second-order valence-corrected chi connectivity index (χ2v) is 6.22. The largest absolute Gasteiger partial charge is 0.369 e. The van der Waals surface area contributed by atoms with Gasteiger partial charge in [0.2, 0.25) is 0 Å². The minimum atomic E-state index is 0.135. The number of hydrogen-bond donors (Lipinski definition) is 1. The van der Waals surface area contributed by atoms with Crippen LogP contribution in [0, 0.1) is 0 Å². The van der Waals surface area contributed by atoms with Crippen LogP contribution >= 0.6 is 0 Å². The van der Waals surface area contributed by atoms with Crippen LogP contribution in [-0.4, -0.2) is 18.2 Å². The number of rotatable bonds is 5. The van der Waals surface area contributed by atoms with Crippen LogP contribution in [0.25, 0.3) is 0 Å². The smallest absolute Gasteiger partial charge is 0.0953 e. The highest BCUT2D eigenvalue weighted by Gasteiger charge is 2.24. The Labute approximate surface area is 111 Å². The van der Waals surface area contributed by atoms with E-state index in [1.807, 2.05) is 0 Å². The normalized spacial score (nSPS) is 18.4. The van der Waals surface area contributed by atoms with E-state index in [0.717, 1.165) is 6.54 Å². The molecule has 18 heavy (non-hydrogen) atoms. The fraction of sp³-hybridized carbons (Fsp3) is 0.625. The maximum absolute atomic E-state index is 6.21. The SMILES string of the molecule is CC(C)(C)NCC(OC1CCC1)c1ccccc1. The van der Waals surface area contributed by atoms with Gasteiger partial charge in [-0.15, -0.1) is 0 Å². The van der Waals surface area contributed by atoms with E-state index in [1.54, 1.807) is 0 Å². The molecule has 0 heterocycles. The highest BCUT2D eigenvalue weighted by atomic mass is 16.5. The van der Waals surface area contributed by atoms with Gasteiger partial charge in [-0.3, -0.25) is 0 Å². The number of hydrogen-bond acceptors (Lipinski definition) is 2. The summed E-state index contributed by atoms with van der Waals surface area (Å²) in [6.45, 7) is 7.46. The Kier molecular flexibility index (Phi) is 4.41. The zero-order valence-corrected chi connectivity index (χ0v) is 11.8. The number of ether oxygens (including phenoxy) is 1. The van der Waals surface area contributed by atoms with Crippen molar-refractivity contribution >= 4 is 0 Å². The van der Waals surface area contributed by atoms with Crippen LogP contribution in [0.4, 0.5) is 0 Å². The van der Waals surface area contributed by atoms with Gasteiger partial charge < -0.3 is 10.1 Å². The van der Waals surface area contributed by atoms with Crippen molar-refractivity contribution in [1.82, 2.24) is 5.32 Å². The average Bonchev–Trinajstić information content (AvgIpc) is 2.26. The first kappa shape index (κ1) is 13.6. The van der Waals surface area contributed by atoms with E-state index < -0.39 is 0 Å². The van der Waals surface area contributed by atoms with Crippen molar-refractivity contribution in [3.63, 3.8) is 0 Å². The molecule has 0 aromatic heterocycles. The minimum absolute atomic E-state index is 0.135. The summed E-state index contributed by atoms with van der Waals surface area (Å²) >= 11 is 0. The topological polar surface area (TPSA) is 21.3 Å². The van der Waals surface area contributed by atoms with Gasteiger partial charge in [0, 0.05) is 12.1 Å². The fourth-order valence-electron chi connectivity index (χ4n) is 2.05. The molecule has 0 spiro atoms. The standard InChI is InChI=1S/C16H25NO/c1-16(2,3)17-12-15(18-14-10-7-11-14)13-8-5-4-6-9-13/h4-6,8-9,14-15,17H,7,10-12H2,1-3H3.